The number of primary amides is 1. The van der Waals surface area contributed by atoms with Gasteiger partial charge in [-0.1, -0.05) is 36.4 Å². The summed E-state index contributed by atoms with van der Waals surface area (Å²) in [7, 11) is 3.17. The molecule has 4 aliphatic rings. The number of aromatic hydroxyl groups is 1. The van der Waals surface area contributed by atoms with Crippen LogP contribution in [0.3, 0.4) is 0 Å². The Bertz CT molecular complexity index is 1530. The Kier molecular flexibility index (Phi) is 7.82. The maximum Gasteiger partial charge on any atom is 0.235 e. The predicted molar refractivity (Wildman–Crippen MR) is 161 cm³/mol. The molecule has 0 heterocycles. The molecule has 2 aromatic rings. The summed E-state index contributed by atoms with van der Waals surface area (Å²) in [5.41, 5.74) is 5.80. The first-order chi connectivity index (χ1) is 20.9. The first kappa shape index (κ1) is 30.3. The average Bonchev–Trinajstić information content (AvgIpc) is 2.97. The minimum atomic E-state index is -2.71. The van der Waals surface area contributed by atoms with E-state index in [1.165, 1.54) is 16.5 Å². The smallest absolute Gasteiger partial charge is 0.235 e. The van der Waals surface area contributed by atoms with Gasteiger partial charge in [0.15, 0.2) is 34.7 Å². The predicted octanol–water partition coefficient (Wildman–Crippen LogP) is 2.46. The number of fused-ring (bicyclic) bond motifs is 3. The molecule has 9 nitrogen and oxygen atoms in total. The Labute approximate surface area is 256 Å². The summed E-state index contributed by atoms with van der Waals surface area (Å²) in [6, 6.07) is 12.8. The highest BCUT2D eigenvalue weighted by molar-refractivity contribution is 6.32. The van der Waals surface area contributed by atoms with Gasteiger partial charge in [0.05, 0.1) is 17.5 Å². The molecule has 0 bridgehead atoms. The summed E-state index contributed by atoms with van der Waals surface area (Å²) in [5, 5.41) is 22.6. The number of rotatable bonds is 6. The number of amides is 1. The fourth-order valence-corrected chi connectivity index (χ4v) is 8.76. The van der Waals surface area contributed by atoms with Gasteiger partial charge in [0.1, 0.15) is 5.75 Å². The topological polar surface area (TPSA) is 155 Å². The van der Waals surface area contributed by atoms with Crippen LogP contribution in [0.2, 0.25) is 0 Å². The molecule has 0 aromatic heterocycles. The second-order valence-electron chi connectivity index (χ2n) is 13.7. The Hall–Kier alpha value is -3.69. The molecule has 1 amide bonds. The second-order valence-corrected chi connectivity index (χ2v) is 13.7. The van der Waals surface area contributed by atoms with E-state index in [1.807, 2.05) is 12.1 Å². The Morgan fingerprint density at radius 3 is 2.18 bits per heavy atom. The van der Waals surface area contributed by atoms with Gasteiger partial charge in [-0.25, -0.2) is 0 Å². The van der Waals surface area contributed by atoms with Gasteiger partial charge in [-0.05, 0) is 106 Å². The molecular weight excluding hydrogens is 560 g/mol. The lowest BCUT2D eigenvalue weighted by Gasteiger charge is -2.52. The van der Waals surface area contributed by atoms with Crippen LogP contribution in [0.4, 0.5) is 0 Å². The zero-order valence-corrected chi connectivity index (χ0v) is 25.2. The Balaban J connectivity index is 1.27. The minimum Gasteiger partial charge on any atom is -0.507 e. The van der Waals surface area contributed by atoms with E-state index < -0.39 is 64.4 Å². The highest BCUT2D eigenvalue weighted by atomic mass is 16.3. The maximum atomic E-state index is 14.0. The van der Waals surface area contributed by atoms with Gasteiger partial charge in [-0.3, -0.25) is 28.9 Å². The average molecular weight is 601 g/mol. The summed E-state index contributed by atoms with van der Waals surface area (Å²) in [5.74, 6) is -9.05. The summed E-state index contributed by atoms with van der Waals surface area (Å²) in [4.78, 5) is 68.4. The maximum absolute atomic E-state index is 14.0. The molecule has 6 atom stereocenters. The summed E-state index contributed by atoms with van der Waals surface area (Å²) in [6.45, 7) is 0. The van der Waals surface area contributed by atoms with E-state index >= 15 is 0 Å². The number of hydrogen-bond donors (Lipinski definition) is 3. The molecule has 4 N–H and O–H groups in total. The standard InChI is InChI=1S/C35H40N2O7/c1-37(2)29-24-17-22-16-23-21(15-20-10-8-19(9-11-20)14-18-6-4-3-5-7-18)12-13-25(38)27(23)30(39)26(22)32(41)35(24,44)33(42)28(31(29)40)34(36)43/h3-7,12-13,19-20,22,24,26,28-29,38,44H,8-11,14-17H2,1-2H3,(H2,36,43)/t19?,20?,22-,24-,26?,28?,29-,35-/m1/s1. The molecule has 9 heteroatoms. The van der Waals surface area contributed by atoms with Gasteiger partial charge in [0.2, 0.25) is 5.91 Å². The summed E-state index contributed by atoms with van der Waals surface area (Å²) in [6.07, 6.45) is 6.57. The molecule has 6 rings (SSSR count). The summed E-state index contributed by atoms with van der Waals surface area (Å²) >= 11 is 0. The van der Waals surface area contributed by atoms with Crippen molar-refractivity contribution in [2.45, 2.75) is 63.0 Å². The van der Waals surface area contributed by atoms with Crippen LogP contribution in [-0.4, -0.2) is 69.9 Å². The number of hydrogen-bond acceptors (Lipinski definition) is 8. The first-order valence-electron chi connectivity index (χ1n) is 15.7. The molecular formula is C35H40N2O7. The van der Waals surface area contributed by atoms with Crippen LogP contribution in [0.1, 0.15) is 59.2 Å². The third-order valence-corrected chi connectivity index (χ3v) is 10.9. The van der Waals surface area contributed by atoms with E-state index in [4.69, 9.17) is 5.73 Å². The number of Topliss-reactive ketones (excluding diaryl/α,β-unsaturated/α-hetero) is 4. The summed E-state index contributed by atoms with van der Waals surface area (Å²) < 4.78 is 0. The number of phenols is 1. The van der Waals surface area contributed by atoms with Crippen LogP contribution in [-0.2, 0) is 38.4 Å². The quantitative estimate of drug-likeness (QED) is 0.427. The van der Waals surface area contributed by atoms with Crippen molar-refractivity contribution in [1.82, 2.24) is 4.90 Å². The number of nitrogens with two attached hydrogens (primary N) is 1. The van der Waals surface area contributed by atoms with Gasteiger partial charge in [-0.2, -0.15) is 0 Å². The Morgan fingerprint density at radius 2 is 1.57 bits per heavy atom. The lowest BCUT2D eigenvalue weighted by molar-refractivity contribution is -0.181. The minimum absolute atomic E-state index is 0.0591. The van der Waals surface area contributed by atoms with Crippen LogP contribution in [0, 0.1) is 35.5 Å². The number of phenolic OH excluding ortho intramolecular Hbond substituents is 1. The van der Waals surface area contributed by atoms with Crippen LogP contribution in [0.25, 0.3) is 0 Å². The number of carbonyl (C=O) groups is 5. The van der Waals surface area contributed by atoms with Crippen molar-refractivity contribution in [1.29, 1.82) is 0 Å². The van der Waals surface area contributed by atoms with Crippen LogP contribution in [0.15, 0.2) is 42.5 Å². The van der Waals surface area contributed by atoms with Gasteiger partial charge in [0.25, 0.3) is 0 Å². The van der Waals surface area contributed by atoms with E-state index in [9.17, 15) is 34.2 Å². The van der Waals surface area contributed by atoms with Crippen LogP contribution < -0.4 is 5.73 Å². The number of likely N-dealkylation sites (N-methyl/N-ethyl adjacent to an activating group) is 1. The van der Waals surface area contributed by atoms with E-state index in [0.29, 0.717) is 23.8 Å². The van der Waals surface area contributed by atoms with Crippen molar-refractivity contribution in [3.63, 3.8) is 0 Å². The number of nitrogens with zero attached hydrogens (tertiary/aromatic N) is 1. The Morgan fingerprint density at radius 1 is 0.932 bits per heavy atom. The first-order valence-corrected chi connectivity index (χ1v) is 15.7. The molecule has 2 unspecified atom stereocenters. The molecule has 0 spiro atoms. The molecule has 0 saturated heterocycles. The van der Waals surface area contributed by atoms with Crippen LogP contribution in [0.5, 0.6) is 5.75 Å². The molecule has 44 heavy (non-hydrogen) atoms. The molecule has 0 aliphatic heterocycles. The van der Waals surface area contributed by atoms with Crippen molar-refractivity contribution >= 4 is 29.0 Å². The van der Waals surface area contributed by atoms with Crippen molar-refractivity contribution < 1.29 is 34.2 Å². The van der Waals surface area contributed by atoms with E-state index in [0.717, 1.165) is 44.1 Å². The zero-order chi connectivity index (χ0) is 31.5. The molecule has 0 radical (unpaired) electrons. The van der Waals surface area contributed by atoms with Crippen molar-refractivity contribution in [3.05, 3.63) is 64.7 Å². The normalized spacial score (nSPS) is 33.5. The highest BCUT2D eigenvalue weighted by Gasteiger charge is 2.69. The van der Waals surface area contributed by atoms with Crippen molar-refractivity contribution in [3.8, 4) is 5.75 Å². The number of benzene rings is 2. The van der Waals surface area contributed by atoms with E-state index in [1.54, 1.807) is 14.1 Å². The lowest BCUT2D eigenvalue weighted by atomic mass is 9.52. The lowest BCUT2D eigenvalue weighted by Crippen LogP contribution is -2.74. The molecule has 3 fully saturated rings. The third kappa shape index (κ3) is 4.81. The van der Waals surface area contributed by atoms with Gasteiger partial charge in [-0.15, -0.1) is 0 Å². The highest BCUT2D eigenvalue weighted by Crippen LogP contribution is 2.51. The second kappa shape index (κ2) is 11.3. The zero-order valence-electron chi connectivity index (χ0n) is 25.2. The van der Waals surface area contributed by atoms with Gasteiger partial charge < -0.3 is 15.9 Å². The fraction of sp³-hybridized carbons (Fsp3) is 0.514. The third-order valence-electron chi connectivity index (χ3n) is 10.9. The number of aliphatic hydroxyl groups is 1. The van der Waals surface area contributed by atoms with Gasteiger partial charge in [0, 0.05) is 5.92 Å². The molecule has 2 aromatic carbocycles. The van der Waals surface area contributed by atoms with Crippen molar-refractivity contribution in [2.75, 3.05) is 14.1 Å². The van der Waals surface area contributed by atoms with E-state index in [2.05, 4.69) is 24.3 Å². The molecule has 232 valence electrons. The van der Waals surface area contributed by atoms with Crippen LogP contribution >= 0.6 is 0 Å². The van der Waals surface area contributed by atoms with E-state index in [-0.39, 0.29) is 17.7 Å². The fourth-order valence-electron chi connectivity index (χ4n) is 8.76. The number of carbonyl (C=O) groups excluding carboxylic acids is 5. The SMILES string of the molecule is CN(C)[C@H]1C(=O)C(C(N)=O)C(=O)[C@]2(O)C(=O)C3C(=O)c4c(O)ccc(CC5CCC(Cc6ccccc6)CC5)c4C[C@@H]3C[C@H]12. The van der Waals surface area contributed by atoms with Crippen molar-refractivity contribution in [2.24, 2.45) is 41.2 Å². The molecule has 3 saturated carbocycles. The molecule has 4 aliphatic carbocycles. The number of ketones is 4. The monoisotopic (exact) mass is 600 g/mol. The van der Waals surface area contributed by atoms with Gasteiger partial charge >= 0.3 is 0 Å². The largest absolute Gasteiger partial charge is 0.507 e.